The van der Waals surface area contributed by atoms with Gasteiger partial charge in [0.1, 0.15) is 5.82 Å². The zero-order valence-corrected chi connectivity index (χ0v) is 18.4. The van der Waals surface area contributed by atoms with Crippen LogP contribution >= 0.6 is 0 Å². The summed E-state index contributed by atoms with van der Waals surface area (Å²) in [5, 5.41) is 5.83. The van der Waals surface area contributed by atoms with E-state index >= 15 is 0 Å². The molecule has 2 unspecified atom stereocenters. The SMILES string of the molecule is CC(C)(C)c1ccc(C(=O)NCCC(=O)NC2CCOC(c3ccc(F)cc3)C2)cc1. The van der Waals surface area contributed by atoms with Crippen LogP contribution in [0.5, 0.6) is 0 Å². The van der Waals surface area contributed by atoms with Crippen molar-refractivity contribution in [3.05, 3.63) is 71.0 Å². The molecule has 1 fully saturated rings. The highest BCUT2D eigenvalue weighted by Crippen LogP contribution is 2.28. The predicted molar refractivity (Wildman–Crippen MR) is 118 cm³/mol. The molecule has 2 aromatic carbocycles. The monoisotopic (exact) mass is 426 g/mol. The van der Waals surface area contributed by atoms with Gasteiger partial charge in [0.05, 0.1) is 6.10 Å². The minimum atomic E-state index is -0.281. The van der Waals surface area contributed by atoms with Crippen LogP contribution in [-0.2, 0) is 14.9 Å². The Hall–Kier alpha value is -2.73. The number of carbonyl (C=O) groups is 2. The predicted octanol–water partition coefficient (Wildman–Crippen LogP) is 4.28. The van der Waals surface area contributed by atoms with E-state index in [4.69, 9.17) is 4.74 Å². The molecule has 1 saturated heterocycles. The van der Waals surface area contributed by atoms with Crippen LogP contribution < -0.4 is 10.6 Å². The molecule has 2 aromatic rings. The topological polar surface area (TPSA) is 67.4 Å². The number of nitrogens with one attached hydrogen (secondary N) is 2. The summed E-state index contributed by atoms with van der Waals surface area (Å²) in [4.78, 5) is 24.6. The van der Waals surface area contributed by atoms with Gasteiger partial charge in [0.15, 0.2) is 0 Å². The summed E-state index contributed by atoms with van der Waals surface area (Å²) in [6.07, 6.45) is 1.43. The average molecular weight is 427 g/mol. The molecule has 0 aromatic heterocycles. The van der Waals surface area contributed by atoms with Crippen molar-refractivity contribution in [2.45, 2.75) is 57.6 Å². The molecule has 2 N–H and O–H groups in total. The van der Waals surface area contributed by atoms with Crippen LogP contribution in [0.3, 0.4) is 0 Å². The van der Waals surface area contributed by atoms with Crippen LogP contribution in [0, 0.1) is 5.82 Å². The zero-order valence-electron chi connectivity index (χ0n) is 18.4. The molecule has 2 amide bonds. The van der Waals surface area contributed by atoms with Crippen LogP contribution in [0.1, 0.15) is 67.6 Å². The van der Waals surface area contributed by atoms with E-state index in [1.54, 1.807) is 12.1 Å². The lowest BCUT2D eigenvalue weighted by Gasteiger charge is -2.30. The summed E-state index contributed by atoms with van der Waals surface area (Å²) in [5.41, 5.74) is 2.69. The minimum absolute atomic E-state index is 0.00283. The van der Waals surface area contributed by atoms with E-state index in [9.17, 15) is 14.0 Å². The largest absolute Gasteiger partial charge is 0.373 e. The first-order valence-electron chi connectivity index (χ1n) is 10.8. The van der Waals surface area contributed by atoms with E-state index in [2.05, 4.69) is 31.4 Å². The lowest BCUT2D eigenvalue weighted by Crippen LogP contribution is -2.41. The number of hydrogen-bond acceptors (Lipinski definition) is 3. The van der Waals surface area contributed by atoms with Crippen molar-refractivity contribution in [2.75, 3.05) is 13.2 Å². The fourth-order valence-electron chi connectivity index (χ4n) is 3.65. The Bertz CT molecular complexity index is 888. The number of benzene rings is 2. The van der Waals surface area contributed by atoms with Crippen LogP contribution in [0.15, 0.2) is 48.5 Å². The quantitative estimate of drug-likeness (QED) is 0.725. The molecule has 3 rings (SSSR count). The number of halogens is 1. The van der Waals surface area contributed by atoms with Crippen LogP contribution in [0.2, 0.25) is 0 Å². The molecule has 31 heavy (non-hydrogen) atoms. The minimum Gasteiger partial charge on any atom is -0.373 e. The second-order valence-electron chi connectivity index (χ2n) is 9.03. The molecule has 1 aliphatic heterocycles. The number of ether oxygens (including phenoxy) is 1. The molecular formula is C25H31FN2O3. The standard InChI is InChI=1S/C25H31FN2O3/c1-25(2,3)19-8-4-18(5-9-19)24(30)27-14-12-23(29)28-21-13-15-31-22(16-21)17-6-10-20(26)11-7-17/h4-11,21-22H,12-16H2,1-3H3,(H,27,30)(H,28,29). The van der Waals surface area contributed by atoms with Gasteiger partial charge in [0.25, 0.3) is 5.91 Å². The molecule has 5 nitrogen and oxygen atoms in total. The van der Waals surface area contributed by atoms with Crippen molar-refractivity contribution >= 4 is 11.8 Å². The molecule has 2 atom stereocenters. The molecular weight excluding hydrogens is 395 g/mol. The number of carbonyl (C=O) groups excluding carboxylic acids is 2. The van der Waals surface area contributed by atoms with Crippen molar-refractivity contribution in [2.24, 2.45) is 0 Å². The van der Waals surface area contributed by atoms with Gasteiger partial charge in [-0.2, -0.15) is 0 Å². The number of amides is 2. The fourth-order valence-corrected chi connectivity index (χ4v) is 3.65. The van der Waals surface area contributed by atoms with E-state index in [1.165, 1.54) is 17.7 Å². The number of rotatable bonds is 6. The normalized spacial score (nSPS) is 19.0. The molecule has 0 aliphatic carbocycles. The lowest BCUT2D eigenvalue weighted by atomic mass is 9.87. The Balaban J connectivity index is 1.42. The van der Waals surface area contributed by atoms with Gasteiger partial charge in [-0.05, 0) is 53.6 Å². The highest BCUT2D eigenvalue weighted by Gasteiger charge is 2.25. The number of hydrogen-bond donors (Lipinski definition) is 2. The highest BCUT2D eigenvalue weighted by atomic mass is 19.1. The van der Waals surface area contributed by atoms with Crippen molar-refractivity contribution in [3.63, 3.8) is 0 Å². The van der Waals surface area contributed by atoms with Gasteiger partial charge in [-0.1, -0.05) is 45.0 Å². The zero-order chi connectivity index (χ0) is 22.4. The Morgan fingerprint density at radius 2 is 1.74 bits per heavy atom. The first kappa shape index (κ1) is 22.9. The maximum Gasteiger partial charge on any atom is 0.251 e. The van der Waals surface area contributed by atoms with Crippen LogP contribution in [0.4, 0.5) is 4.39 Å². The van der Waals surface area contributed by atoms with Crippen molar-refractivity contribution in [1.82, 2.24) is 10.6 Å². The fraction of sp³-hybridized carbons (Fsp3) is 0.440. The first-order valence-corrected chi connectivity index (χ1v) is 10.8. The molecule has 166 valence electrons. The maximum absolute atomic E-state index is 13.1. The third-order valence-electron chi connectivity index (χ3n) is 5.54. The van der Waals surface area contributed by atoms with Crippen LogP contribution in [0.25, 0.3) is 0 Å². The van der Waals surface area contributed by atoms with Crippen molar-refractivity contribution in [3.8, 4) is 0 Å². The molecule has 1 aliphatic rings. The molecule has 0 spiro atoms. The molecule has 6 heteroatoms. The van der Waals surface area contributed by atoms with Gasteiger partial charge in [0.2, 0.25) is 5.91 Å². The highest BCUT2D eigenvalue weighted by molar-refractivity contribution is 5.94. The van der Waals surface area contributed by atoms with Crippen LogP contribution in [-0.4, -0.2) is 31.0 Å². The van der Waals surface area contributed by atoms with Gasteiger partial charge < -0.3 is 15.4 Å². The van der Waals surface area contributed by atoms with Gasteiger partial charge in [-0.15, -0.1) is 0 Å². The Morgan fingerprint density at radius 3 is 2.39 bits per heavy atom. The van der Waals surface area contributed by atoms with Crippen molar-refractivity contribution in [1.29, 1.82) is 0 Å². The maximum atomic E-state index is 13.1. The van der Waals surface area contributed by atoms with E-state index in [0.717, 1.165) is 12.0 Å². The average Bonchev–Trinajstić information content (AvgIpc) is 2.74. The molecule has 0 saturated carbocycles. The van der Waals surface area contributed by atoms with E-state index < -0.39 is 0 Å². The summed E-state index contributed by atoms with van der Waals surface area (Å²) in [7, 11) is 0. The Kier molecular flexibility index (Phi) is 7.44. The summed E-state index contributed by atoms with van der Waals surface area (Å²) >= 11 is 0. The summed E-state index contributed by atoms with van der Waals surface area (Å²) in [5.74, 6) is -0.569. The molecule has 0 bridgehead atoms. The molecule has 1 heterocycles. The van der Waals surface area contributed by atoms with E-state index in [-0.39, 0.29) is 48.2 Å². The van der Waals surface area contributed by atoms with E-state index in [0.29, 0.717) is 18.6 Å². The Labute approximate surface area is 183 Å². The summed E-state index contributed by atoms with van der Waals surface area (Å²) < 4.78 is 18.9. The van der Waals surface area contributed by atoms with Gasteiger partial charge >= 0.3 is 0 Å². The van der Waals surface area contributed by atoms with E-state index in [1.807, 2.05) is 24.3 Å². The molecule has 0 radical (unpaired) electrons. The first-order chi connectivity index (χ1) is 14.7. The second-order valence-corrected chi connectivity index (χ2v) is 9.03. The third-order valence-corrected chi connectivity index (χ3v) is 5.54. The van der Waals surface area contributed by atoms with Gasteiger partial charge in [-0.25, -0.2) is 4.39 Å². The summed E-state index contributed by atoms with van der Waals surface area (Å²) in [6, 6.07) is 13.8. The Morgan fingerprint density at radius 1 is 1.06 bits per heavy atom. The smallest absolute Gasteiger partial charge is 0.251 e. The van der Waals surface area contributed by atoms with Crippen molar-refractivity contribution < 1.29 is 18.7 Å². The van der Waals surface area contributed by atoms with Gasteiger partial charge in [-0.3, -0.25) is 9.59 Å². The lowest BCUT2D eigenvalue weighted by molar-refractivity contribution is -0.122. The van der Waals surface area contributed by atoms with Gasteiger partial charge in [0, 0.05) is 31.2 Å². The third kappa shape index (κ3) is 6.62. The second kappa shape index (κ2) is 10.1. The summed E-state index contributed by atoms with van der Waals surface area (Å²) in [6.45, 7) is 7.19.